The third-order valence-electron chi connectivity index (χ3n) is 4.15. The summed E-state index contributed by atoms with van der Waals surface area (Å²) in [6, 6.07) is -0.159. The lowest BCUT2D eigenvalue weighted by atomic mass is 10.1. The van der Waals surface area contributed by atoms with Gasteiger partial charge in [0, 0.05) is 42.6 Å². The van der Waals surface area contributed by atoms with Crippen LogP contribution < -0.4 is 10.6 Å². The molecule has 1 aliphatic rings. The third-order valence-corrected chi connectivity index (χ3v) is 5.34. The smallest absolute Gasteiger partial charge is 0.318 e. The van der Waals surface area contributed by atoms with Crippen molar-refractivity contribution in [1.29, 1.82) is 0 Å². The SMILES string of the molecule is CNC(=O)c1n[nH]c2c1CN(C(=O)NCc1csc(C(C)C)n1)CC2. The van der Waals surface area contributed by atoms with Crippen molar-refractivity contribution in [2.75, 3.05) is 13.6 Å². The van der Waals surface area contributed by atoms with E-state index >= 15 is 0 Å². The number of nitrogens with one attached hydrogen (secondary N) is 3. The number of hydrogen-bond acceptors (Lipinski definition) is 5. The average molecular weight is 362 g/mol. The second-order valence-electron chi connectivity index (χ2n) is 6.27. The van der Waals surface area contributed by atoms with E-state index in [1.54, 1.807) is 23.3 Å². The molecule has 0 aliphatic carbocycles. The summed E-state index contributed by atoms with van der Waals surface area (Å²) in [7, 11) is 1.57. The highest BCUT2D eigenvalue weighted by Crippen LogP contribution is 2.21. The molecule has 1 aliphatic heterocycles. The molecule has 9 heteroatoms. The summed E-state index contributed by atoms with van der Waals surface area (Å²) in [5, 5.41) is 15.5. The standard InChI is InChI=1S/C16H22N6O2S/c1-9(2)15-19-10(8-25-15)6-18-16(24)22-5-4-12-11(7-22)13(21-20-12)14(23)17-3/h8-9H,4-7H2,1-3H3,(H,17,23)(H,18,24)(H,20,21). The maximum Gasteiger partial charge on any atom is 0.318 e. The lowest BCUT2D eigenvalue weighted by Gasteiger charge is -2.27. The van der Waals surface area contributed by atoms with Crippen LogP contribution in [0.2, 0.25) is 0 Å². The van der Waals surface area contributed by atoms with Gasteiger partial charge < -0.3 is 15.5 Å². The fourth-order valence-corrected chi connectivity index (χ4v) is 3.56. The van der Waals surface area contributed by atoms with E-state index in [2.05, 4.69) is 39.7 Å². The molecule has 0 spiro atoms. The first-order chi connectivity index (χ1) is 12.0. The Balaban J connectivity index is 1.62. The Kier molecular flexibility index (Phi) is 5.03. The van der Waals surface area contributed by atoms with E-state index in [9.17, 15) is 9.59 Å². The van der Waals surface area contributed by atoms with Crippen LogP contribution in [0.5, 0.6) is 0 Å². The van der Waals surface area contributed by atoms with Crippen molar-refractivity contribution in [3.63, 3.8) is 0 Å². The Morgan fingerprint density at radius 3 is 2.92 bits per heavy atom. The van der Waals surface area contributed by atoms with Crippen molar-refractivity contribution in [3.05, 3.63) is 33.0 Å². The number of carbonyl (C=O) groups excluding carboxylic acids is 2. The highest BCUT2D eigenvalue weighted by Gasteiger charge is 2.27. The van der Waals surface area contributed by atoms with Crippen molar-refractivity contribution < 1.29 is 9.59 Å². The van der Waals surface area contributed by atoms with Crippen molar-refractivity contribution in [2.24, 2.45) is 0 Å². The monoisotopic (exact) mass is 362 g/mol. The summed E-state index contributed by atoms with van der Waals surface area (Å²) in [6.07, 6.45) is 0.654. The number of fused-ring (bicyclic) bond motifs is 1. The number of H-pyrrole nitrogens is 1. The second-order valence-corrected chi connectivity index (χ2v) is 7.16. The Labute approximate surface area is 150 Å². The van der Waals surface area contributed by atoms with Gasteiger partial charge in [0.25, 0.3) is 5.91 Å². The maximum atomic E-state index is 12.5. The lowest BCUT2D eigenvalue weighted by Crippen LogP contribution is -2.42. The predicted molar refractivity (Wildman–Crippen MR) is 94.5 cm³/mol. The number of thiazole rings is 1. The van der Waals surface area contributed by atoms with Gasteiger partial charge >= 0.3 is 6.03 Å². The first-order valence-electron chi connectivity index (χ1n) is 8.24. The Morgan fingerprint density at radius 1 is 1.44 bits per heavy atom. The first kappa shape index (κ1) is 17.4. The van der Waals surface area contributed by atoms with E-state index < -0.39 is 0 Å². The molecule has 25 heavy (non-hydrogen) atoms. The summed E-state index contributed by atoms with van der Waals surface area (Å²) in [4.78, 5) is 30.5. The van der Waals surface area contributed by atoms with E-state index in [1.165, 1.54) is 0 Å². The van der Waals surface area contributed by atoms with Crippen LogP contribution in [0, 0.1) is 0 Å². The Hall–Kier alpha value is -2.42. The number of urea groups is 1. The van der Waals surface area contributed by atoms with Crippen LogP contribution in [0.4, 0.5) is 4.79 Å². The van der Waals surface area contributed by atoms with Gasteiger partial charge in [0.15, 0.2) is 5.69 Å². The molecule has 8 nitrogen and oxygen atoms in total. The normalized spacial score (nSPS) is 13.7. The quantitative estimate of drug-likeness (QED) is 0.769. The summed E-state index contributed by atoms with van der Waals surface area (Å²) in [5.41, 5.74) is 2.94. The molecule has 3 amide bonds. The van der Waals surface area contributed by atoms with Gasteiger partial charge in [-0.3, -0.25) is 9.89 Å². The molecule has 0 bridgehead atoms. The molecule has 2 aromatic heterocycles. The number of aromatic amines is 1. The Morgan fingerprint density at radius 2 is 2.24 bits per heavy atom. The van der Waals surface area contributed by atoms with Gasteiger partial charge in [-0.15, -0.1) is 11.3 Å². The van der Waals surface area contributed by atoms with Crippen LogP contribution in [0.15, 0.2) is 5.38 Å². The second kappa shape index (κ2) is 7.22. The summed E-state index contributed by atoms with van der Waals surface area (Å²) >= 11 is 1.61. The highest BCUT2D eigenvalue weighted by atomic mass is 32.1. The summed E-state index contributed by atoms with van der Waals surface area (Å²) in [5.74, 6) is 0.141. The minimum atomic E-state index is -0.247. The zero-order chi connectivity index (χ0) is 18.0. The van der Waals surface area contributed by atoms with Crippen LogP contribution >= 0.6 is 11.3 Å². The molecule has 0 aromatic carbocycles. The van der Waals surface area contributed by atoms with Gasteiger partial charge in [-0.05, 0) is 0 Å². The number of amides is 3. The van der Waals surface area contributed by atoms with Crippen molar-refractivity contribution >= 4 is 23.3 Å². The molecule has 0 unspecified atom stereocenters. The topological polar surface area (TPSA) is 103 Å². The molecule has 0 radical (unpaired) electrons. The van der Waals surface area contributed by atoms with E-state index in [4.69, 9.17) is 0 Å². The molecular formula is C16H22N6O2S. The largest absolute Gasteiger partial charge is 0.354 e. The molecule has 3 rings (SSSR count). The fraction of sp³-hybridized carbons (Fsp3) is 0.500. The molecule has 3 N–H and O–H groups in total. The zero-order valence-corrected chi connectivity index (χ0v) is 15.4. The van der Waals surface area contributed by atoms with E-state index in [1.807, 2.05) is 5.38 Å². The third kappa shape index (κ3) is 3.65. The van der Waals surface area contributed by atoms with Crippen LogP contribution in [-0.2, 0) is 19.5 Å². The van der Waals surface area contributed by atoms with Crippen LogP contribution in [0.3, 0.4) is 0 Å². The van der Waals surface area contributed by atoms with Crippen LogP contribution in [0.25, 0.3) is 0 Å². The Bertz CT molecular complexity index is 781. The van der Waals surface area contributed by atoms with Gasteiger partial charge in [0.2, 0.25) is 0 Å². The summed E-state index contributed by atoms with van der Waals surface area (Å²) in [6.45, 7) is 5.55. The average Bonchev–Trinajstić information content (AvgIpc) is 3.25. The number of nitrogens with zero attached hydrogens (tertiary/aromatic N) is 3. The van der Waals surface area contributed by atoms with Crippen LogP contribution in [-0.4, -0.2) is 45.6 Å². The number of hydrogen-bond donors (Lipinski definition) is 3. The lowest BCUT2D eigenvalue weighted by molar-refractivity contribution is 0.0955. The number of aromatic nitrogens is 3. The molecule has 0 fully saturated rings. The maximum absolute atomic E-state index is 12.5. The molecule has 0 saturated carbocycles. The number of carbonyl (C=O) groups is 2. The first-order valence-corrected chi connectivity index (χ1v) is 9.12. The molecule has 0 atom stereocenters. The molecular weight excluding hydrogens is 340 g/mol. The summed E-state index contributed by atoms with van der Waals surface area (Å²) < 4.78 is 0. The van der Waals surface area contributed by atoms with Gasteiger partial charge in [0.05, 0.1) is 23.8 Å². The van der Waals surface area contributed by atoms with Gasteiger partial charge in [-0.2, -0.15) is 5.10 Å². The predicted octanol–water partition coefficient (Wildman–Crippen LogP) is 1.62. The zero-order valence-electron chi connectivity index (χ0n) is 14.5. The molecule has 2 aromatic rings. The molecule has 3 heterocycles. The van der Waals surface area contributed by atoms with Crippen molar-refractivity contribution in [2.45, 2.75) is 39.3 Å². The van der Waals surface area contributed by atoms with E-state index in [-0.39, 0.29) is 11.9 Å². The van der Waals surface area contributed by atoms with Crippen molar-refractivity contribution in [3.8, 4) is 0 Å². The van der Waals surface area contributed by atoms with E-state index in [0.29, 0.717) is 37.7 Å². The van der Waals surface area contributed by atoms with Gasteiger partial charge in [-0.1, -0.05) is 13.8 Å². The van der Waals surface area contributed by atoms with Crippen molar-refractivity contribution in [1.82, 2.24) is 30.7 Å². The molecule has 134 valence electrons. The number of rotatable bonds is 4. The minimum absolute atomic E-state index is 0.159. The minimum Gasteiger partial charge on any atom is -0.354 e. The van der Waals surface area contributed by atoms with Crippen LogP contribution in [0.1, 0.15) is 52.2 Å². The van der Waals surface area contributed by atoms with Gasteiger partial charge in [-0.25, -0.2) is 9.78 Å². The van der Waals surface area contributed by atoms with Gasteiger partial charge in [0.1, 0.15) is 0 Å². The molecule has 0 saturated heterocycles. The highest BCUT2D eigenvalue weighted by molar-refractivity contribution is 7.09. The fourth-order valence-electron chi connectivity index (χ4n) is 2.72. The van der Waals surface area contributed by atoms with E-state index in [0.717, 1.165) is 22.0 Å².